The maximum atomic E-state index is 5.38. The highest BCUT2D eigenvalue weighted by Gasteiger charge is 2.11. The highest BCUT2D eigenvalue weighted by Crippen LogP contribution is 2.32. The van der Waals surface area contributed by atoms with Gasteiger partial charge in [0.05, 0.1) is 44.1 Å². The molecule has 0 amide bonds. The second kappa shape index (κ2) is 6.91. The van der Waals surface area contributed by atoms with Crippen LogP contribution < -0.4 is 19.6 Å². The molecule has 0 saturated carbocycles. The molecule has 0 radical (unpaired) electrons. The number of anilines is 1. The van der Waals surface area contributed by atoms with Crippen LogP contribution in [0.4, 0.5) is 5.95 Å². The Kier molecular flexibility index (Phi) is 4.51. The van der Waals surface area contributed by atoms with Gasteiger partial charge in [-0.15, -0.1) is 0 Å². The quantitative estimate of drug-likeness (QED) is 0.537. The van der Waals surface area contributed by atoms with E-state index in [0.717, 1.165) is 11.0 Å². The molecule has 0 saturated heterocycles. The van der Waals surface area contributed by atoms with Crippen LogP contribution in [-0.2, 0) is 0 Å². The van der Waals surface area contributed by atoms with E-state index in [1.54, 1.807) is 39.7 Å². The molecule has 3 aromatic rings. The number of hydrogen-bond acceptors (Lipinski definition) is 6. The van der Waals surface area contributed by atoms with Gasteiger partial charge in [-0.25, -0.2) is 10.4 Å². The van der Waals surface area contributed by atoms with Gasteiger partial charge in [0, 0.05) is 12.1 Å². The Morgan fingerprint density at radius 1 is 1.04 bits per heavy atom. The number of para-hydroxylation sites is 2. The smallest absolute Gasteiger partial charge is 0.222 e. The first-order valence-electron chi connectivity index (χ1n) is 7.29. The summed E-state index contributed by atoms with van der Waals surface area (Å²) in [6.45, 7) is 0. The van der Waals surface area contributed by atoms with E-state index in [2.05, 4.69) is 20.5 Å². The Morgan fingerprint density at radius 2 is 1.75 bits per heavy atom. The van der Waals surface area contributed by atoms with Crippen molar-refractivity contribution in [2.24, 2.45) is 5.10 Å². The number of aromatic amines is 1. The first kappa shape index (κ1) is 15.7. The molecular weight excluding hydrogens is 308 g/mol. The summed E-state index contributed by atoms with van der Waals surface area (Å²) in [6, 6.07) is 11.3. The van der Waals surface area contributed by atoms with Crippen molar-refractivity contribution >= 4 is 23.2 Å². The minimum absolute atomic E-state index is 0.555. The lowest BCUT2D eigenvalue weighted by Crippen LogP contribution is -1.99. The SMILES string of the molecule is COc1cc(OC)c(C=NNc2nc3ccccc3[nH]2)c(OC)c1. The number of nitrogens with zero attached hydrogens (tertiary/aromatic N) is 2. The Labute approximate surface area is 139 Å². The summed E-state index contributed by atoms with van der Waals surface area (Å²) in [5.74, 6) is 2.40. The molecule has 0 aliphatic carbocycles. The van der Waals surface area contributed by atoms with E-state index in [1.165, 1.54) is 0 Å². The van der Waals surface area contributed by atoms with Crippen molar-refractivity contribution in [1.29, 1.82) is 0 Å². The second-order valence-corrected chi connectivity index (χ2v) is 4.92. The molecule has 0 spiro atoms. The number of rotatable bonds is 6. The zero-order valence-corrected chi connectivity index (χ0v) is 13.7. The van der Waals surface area contributed by atoms with E-state index in [1.807, 2.05) is 24.3 Å². The van der Waals surface area contributed by atoms with Crippen LogP contribution in [0.3, 0.4) is 0 Å². The van der Waals surface area contributed by atoms with Gasteiger partial charge in [0.25, 0.3) is 0 Å². The summed E-state index contributed by atoms with van der Waals surface area (Å²) in [7, 11) is 4.75. The highest BCUT2D eigenvalue weighted by molar-refractivity contribution is 5.88. The van der Waals surface area contributed by atoms with Gasteiger partial charge < -0.3 is 19.2 Å². The normalized spacial score (nSPS) is 11.0. The molecule has 0 aliphatic rings. The number of hydrogen-bond donors (Lipinski definition) is 2. The van der Waals surface area contributed by atoms with E-state index < -0.39 is 0 Å². The van der Waals surface area contributed by atoms with Crippen molar-refractivity contribution < 1.29 is 14.2 Å². The van der Waals surface area contributed by atoms with E-state index >= 15 is 0 Å². The molecule has 0 aliphatic heterocycles. The van der Waals surface area contributed by atoms with Crippen LogP contribution >= 0.6 is 0 Å². The number of aromatic nitrogens is 2. The fourth-order valence-electron chi connectivity index (χ4n) is 2.32. The van der Waals surface area contributed by atoms with Gasteiger partial charge in [-0.3, -0.25) is 0 Å². The molecular formula is C17H18N4O3. The van der Waals surface area contributed by atoms with E-state index in [-0.39, 0.29) is 0 Å². The van der Waals surface area contributed by atoms with Gasteiger partial charge in [-0.2, -0.15) is 5.10 Å². The molecule has 24 heavy (non-hydrogen) atoms. The maximum Gasteiger partial charge on any atom is 0.222 e. The van der Waals surface area contributed by atoms with E-state index in [4.69, 9.17) is 14.2 Å². The van der Waals surface area contributed by atoms with Gasteiger partial charge in [0.2, 0.25) is 5.95 Å². The predicted molar refractivity (Wildman–Crippen MR) is 93.4 cm³/mol. The van der Waals surface area contributed by atoms with Crippen LogP contribution in [0.25, 0.3) is 11.0 Å². The number of H-pyrrole nitrogens is 1. The number of imidazole rings is 1. The Morgan fingerprint density at radius 3 is 2.38 bits per heavy atom. The Hall–Kier alpha value is -3.22. The predicted octanol–water partition coefficient (Wildman–Crippen LogP) is 3.03. The summed E-state index contributed by atoms with van der Waals surface area (Å²) < 4.78 is 16.0. The number of nitrogens with one attached hydrogen (secondary N) is 2. The fourth-order valence-corrected chi connectivity index (χ4v) is 2.32. The molecule has 1 heterocycles. The average molecular weight is 326 g/mol. The van der Waals surface area contributed by atoms with Crippen molar-refractivity contribution in [2.75, 3.05) is 26.8 Å². The standard InChI is InChI=1S/C17H18N4O3/c1-22-11-8-15(23-2)12(16(9-11)24-3)10-18-21-17-19-13-6-4-5-7-14(13)20-17/h4-10H,1-3H3,(H2,19,20,21). The third-order valence-corrected chi connectivity index (χ3v) is 3.51. The number of fused-ring (bicyclic) bond motifs is 1. The van der Waals surface area contributed by atoms with Crippen molar-refractivity contribution in [3.8, 4) is 17.2 Å². The molecule has 0 bridgehead atoms. The molecule has 2 N–H and O–H groups in total. The lowest BCUT2D eigenvalue weighted by atomic mass is 10.2. The minimum Gasteiger partial charge on any atom is -0.496 e. The van der Waals surface area contributed by atoms with Gasteiger partial charge in [0.15, 0.2) is 0 Å². The second-order valence-electron chi connectivity index (χ2n) is 4.92. The minimum atomic E-state index is 0.555. The average Bonchev–Trinajstić information content (AvgIpc) is 3.04. The molecule has 7 nitrogen and oxygen atoms in total. The zero-order valence-electron chi connectivity index (χ0n) is 13.7. The van der Waals surface area contributed by atoms with E-state index in [0.29, 0.717) is 28.8 Å². The van der Waals surface area contributed by atoms with Crippen LogP contribution in [-0.4, -0.2) is 37.5 Å². The number of methoxy groups -OCH3 is 3. The summed E-state index contributed by atoms with van der Waals surface area (Å²) in [4.78, 5) is 7.53. The van der Waals surface area contributed by atoms with Crippen LogP contribution in [0.15, 0.2) is 41.5 Å². The molecule has 124 valence electrons. The van der Waals surface area contributed by atoms with Crippen LogP contribution in [0.1, 0.15) is 5.56 Å². The summed E-state index contributed by atoms with van der Waals surface area (Å²) in [6.07, 6.45) is 1.62. The first-order chi connectivity index (χ1) is 11.7. The molecule has 1 aromatic heterocycles. The summed E-state index contributed by atoms with van der Waals surface area (Å²) in [5, 5.41) is 4.21. The monoisotopic (exact) mass is 326 g/mol. The number of ether oxygens (including phenoxy) is 3. The molecule has 2 aromatic carbocycles. The molecule has 0 unspecified atom stereocenters. The molecule has 7 heteroatoms. The van der Waals surface area contributed by atoms with Crippen molar-refractivity contribution in [3.63, 3.8) is 0 Å². The van der Waals surface area contributed by atoms with Gasteiger partial charge in [-0.05, 0) is 12.1 Å². The van der Waals surface area contributed by atoms with Crippen LogP contribution in [0.2, 0.25) is 0 Å². The number of hydrazone groups is 1. The van der Waals surface area contributed by atoms with Crippen molar-refractivity contribution in [2.45, 2.75) is 0 Å². The lowest BCUT2D eigenvalue weighted by molar-refractivity contribution is 0.374. The first-order valence-corrected chi connectivity index (χ1v) is 7.29. The summed E-state index contributed by atoms with van der Waals surface area (Å²) >= 11 is 0. The number of benzene rings is 2. The topological polar surface area (TPSA) is 80.8 Å². The van der Waals surface area contributed by atoms with Crippen LogP contribution in [0, 0.1) is 0 Å². The van der Waals surface area contributed by atoms with Gasteiger partial charge in [-0.1, -0.05) is 12.1 Å². The van der Waals surface area contributed by atoms with Gasteiger partial charge in [0.1, 0.15) is 17.2 Å². The van der Waals surface area contributed by atoms with Crippen LogP contribution in [0.5, 0.6) is 17.2 Å². The third kappa shape index (κ3) is 3.10. The third-order valence-electron chi connectivity index (χ3n) is 3.51. The van der Waals surface area contributed by atoms with Crippen molar-refractivity contribution in [1.82, 2.24) is 9.97 Å². The highest BCUT2D eigenvalue weighted by atomic mass is 16.5. The molecule has 0 atom stereocenters. The van der Waals surface area contributed by atoms with E-state index in [9.17, 15) is 0 Å². The van der Waals surface area contributed by atoms with Gasteiger partial charge >= 0.3 is 0 Å². The summed E-state index contributed by atoms with van der Waals surface area (Å²) in [5.41, 5.74) is 5.38. The van der Waals surface area contributed by atoms with Crippen molar-refractivity contribution in [3.05, 3.63) is 42.0 Å². The Bertz CT molecular complexity index is 815. The Balaban J connectivity index is 1.85. The zero-order chi connectivity index (χ0) is 16.9. The lowest BCUT2D eigenvalue weighted by Gasteiger charge is -2.12. The largest absolute Gasteiger partial charge is 0.496 e. The molecule has 0 fully saturated rings. The maximum absolute atomic E-state index is 5.38. The molecule has 3 rings (SSSR count). The fraction of sp³-hybridized carbons (Fsp3) is 0.176.